The SMILES string of the molecule is CCC(C)N(Cc1ccc(OCc2ccccc2)c(OC)c1)S(=O)(=O)c1ccc(Cl)cc1. The van der Waals surface area contributed by atoms with Crippen LogP contribution in [0.25, 0.3) is 0 Å². The van der Waals surface area contributed by atoms with E-state index in [1.165, 1.54) is 16.4 Å². The van der Waals surface area contributed by atoms with Gasteiger partial charge in [0.2, 0.25) is 10.0 Å². The highest BCUT2D eigenvalue weighted by Gasteiger charge is 2.28. The van der Waals surface area contributed by atoms with Crippen LogP contribution in [0.5, 0.6) is 11.5 Å². The fourth-order valence-electron chi connectivity index (χ4n) is 3.27. The molecule has 0 aliphatic heterocycles. The minimum atomic E-state index is -3.70. The highest BCUT2D eigenvalue weighted by atomic mass is 35.5. The first-order chi connectivity index (χ1) is 15.3. The summed E-state index contributed by atoms with van der Waals surface area (Å²) < 4.78 is 39.7. The Bertz CT molecular complexity index is 1120. The normalized spacial score (nSPS) is 12.5. The van der Waals surface area contributed by atoms with Gasteiger partial charge in [-0.25, -0.2) is 8.42 Å². The molecule has 0 N–H and O–H groups in total. The Morgan fingerprint density at radius 1 is 0.938 bits per heavy atom. The quantitative estimate of drug-likeness (QED) is 0.367. The van der Waals surface area contributed by atoms with E-state index in [2.05, 4.69) is 0 Å². The average Bonchev–Trinajstić information content (AvgIpc) is 2.81. The van der Waals surface area contributed by atoms with E-state index in [1.807, 2.05) is 62.4 Å². The summed E-state index contributed by atoms with van der Waals surface area (Å²) in [4.78, 5) is 0.219. The van der Waals surface area contributed by atoms with Gasteiger partial charge in [-0.15, -0.1) is 0 Å². The highest BCUT2D eigenvalue weighted by Crippen LogP contribution is 2.31. The molecule has 3 aromatic carbocycles. The molecule has 0 amide bonds. The van der Waals surface area contributed by atoms with Crippen molar-refractivity contribution in [2.45, 2.75) is 44.4 Å². The van der Waals surface area contributed by atoms with Crippen molar-refractivity contribution in [1.82, 2.24) is 4.31 Å². The van der Waals surface area contributed by atoms with Crippen LogP contribution in [-0.2, 0) is 23.2 Å². The number of sulfonamides is 1. The molecule has 0 aliphatic carbocycles. The summed E-state index contributed by atoms with van der Waals surface area (Å²) in [6.07, 6.45) is 0.683. The van der Waals surface area contributed by atoms with Crippen molar-refractivity contribution in [2.75, 3.05) is 7.11 Å². The minimum absolute atomic E-state index is 0.185. The van der Waals surface area contributed by atoms with Crippen LogP contribution >= 0.6 is 11.6 Å². The van der Waals surface area contributed by atoms with Crippen molar-refractivity contribution in [1.29, 1.82) is 0 Å². The van der Waals surface area contributed by atoms with E-state index in [1.54, 1.807) is 19.2 Å². The summed E-state index contributed by atoms with van der Waals surface area (Å²) in [5, 5.41) is 0.495. The number of methoxy groups -OCH3 is 1. The zero-order valence-electron chi connectivity index (χ0n) is 18.5. The van der Waals surface area contributed by atoms with Crippen molar-refractivity contribution in [3.8, 4) is 11.5 Å². The van der Waals surface area contributed by atoms with Gasteiger partial charge in [-0.05, 0) is 60.9 Å². The predicted molar refractivity (Wildman–Crippen MR) is 128 cm³/mol. The molecule has 1 atom stereocenters. The second kappa shape index (κ2) is 10.9. The van der Waals surface area contributed by atoms with Gasteiger partial charge in [0.1, 0.15) is 6.61 Å². The number of benzene rings is 3. The molecule has 7 heteroatoms. The second-order valence-corrected chi connectivity index (χ2v) is 9.85. The first kappa shape index (κ1) is 24.1. The monoisotopic (exact) mass is 473 g/mol. The smallest absolute Gasteiger partial charge is 0.243 e. The van der Waals surface area contributed by atoms with Crippen molar-refractivity contribution in [2.24, 2.45) is 0 Å². The molecule has 0 radical (unpaired) electrons. The Hall–Kier alpha value is -2.54. The predicted octanol–water partition coefficient (Wildman–Crippen LogP) is 5.92. The van der Waals surface area contributed by atoms with E-state index >= 15 is 0 Å². The summed E-state index contributed by atoms with van der Waals surface area (Å²) in [7, 11) is -2.13. The molecule has 0 bridgehead atoms. The van der Waals surface area contributed by atoms with Gasteiger partial charge >= 0.3 is 0 Å². The molecule has 0 spiro atoms. The fourth-order valence-corrected chi connectivity index (χ4v) is 5.09. The largest absolute Gasteiger partial charge is 0.493 e. The van der Waals surface area contributed by atoms with Gasteiger partial charge in [0, 0.05) is 17.6 Å². The average molecular weight is 474 g/mol. The molecule has 32 heavy (non-hydrogen) atoms. The summed E-state index contributed by atoms with van der Waals surface area (Å²) >= 11 is 5.94. The number of hydrogen-bond donors (Lipinski definition) is 0. The Labute approximate surface area is 195 Å². The number of halogens is 1. The first-order valence-electron chi connectivity index (χ1n) is 10.5. The van der Waals surface area contributed by atoms with Crippen LogP contribution in [0.2, 0.25) is 5.02 Å². The Morgan fingerprint density at radius 2 is 1.62 bits per heavy atom. The van der Waals surface area contributed by atoms with E-state index in [-0.39, 0.29) is 17.5 Å². The first-order valence-corrected chi connectivity index (χ1v) is 12.3. The molecule has 0 aromatic heterocycles. The number of ether oxygens (including phenoxy) is 2. The summed E-state index contributed by atoms with van der Waals surface area (Å²) in [5.41, 5.74) is 1.86. The van der Waals surface area contributed by atoms with Crippen molar-refractivity contribution in [3.63, 3.8) is 0 Å². The Kier molecular flexibility index (Phi) is 8.18. The van der Waals surface area contributed by atoms with Gasteiger partial charge in [0.15, 0.2) is 11.5 Å². The molecular weight excluding hydrogens is 446 g/mol. The highest BCUT2D eigenvalue weighted by molar-refractivity contribution is 7.89. The Balaban J connectivity index is 1.84. The van der Waals surface area contributed by atoms with Crippen LogP contribution in [0.1, 0.15) is 31.4 Å². The lowest BCUT2D eigenvalue weighted by Crippen LogP contribution is -2.37. The van der Waals surface area contributed by atoms with Crippen LogP contribution in [0.3, 0.4) is 0 Å². The molecule has 0 fully saturated rings. The zero-order valence-corrected chi connectivity index (χ0v) is 20.1. The lowest BCUT2D eigenvalue weighted by atomic mass is 10.1. The second-order valence-electron chi connectivity index (χ2n) is 7.52. The van der Waals surface area contributed by atoms with E-state index in [0.29, 0.717) is 29.5 Å². The third-order valence-electron chi connectivity index (χ3n) is 5.31. The van der Waals surface area contributed by atoms with Crippen LogP contribution in [0, 0.1) is 0 Å². The number of hydrogen-bond acceptors (Lipinski definition) is 4. The summed E-state index contributed by atoms with van der Waals surface area (Å²) in [6, 6.07) is 21.4. The third kappa shape index (κ3) is 5.82. The topological polar surface area (TPSA) is 55.8 Å². The molecule has 0 aliphatic rings. The maximum atomic E-state index is 13.4. The Morgan fingerprint density at radius 3 is 2.25 bits per heavy atom. The summed E-state index contributed by atoms with van der Waals surface area (Å²) in [6.45, 7) is 4.51. The standard InChI is InChI=1S/C25H28ClNO4S/c1-4-19(2)27(32(28,29)23-13-11-22(26)12-14-23)17-21-10-15-24(25(16-21)30-3)31-18-20-8-6-5-7-9-20/h5-16,19H,4,17-18H2,1-3H3. The van der Waals surface area contributed by atoms with Gasteiger partial charge in [0.05, 0.1) is 12.0 Å². The molecular formula is C25H28ClNO4S. The van der Waals surface area contributed by atoms with E-state index in [4.69, 9.17) is 21.1 Å². The van der Waals surface area contributed by atoms with Gasteiger partial charge in [-0.2, -0.15) is 4.31 Å². The lowest BCUT2D eigenvalue weighted by Gasteiger charge is -2.28. The molecule has 0 saturated heterocycles. The van der Waals surface area contributed by atoms with Gasteiger partial charge in [0.25, 0.3) is 0 Å². The van der Waals surface area contributed by atoms with Crippen molar-refractivity contribution < 1.29 is 17.9 Å². The minimum Gasteiger partial charge on any atom is -0.493 e. The summed E-state index contributed by atoms with van der Waals surface area (Å²) in [5.74, 6) is 1.17. The molecule has 5 nitrogen and oxygen atoms in total. The third-order valence-corrected chi connectivity index (χ3v) is 7.53. The van der Waals surface area contributed by atoms with Crippen molar-refractivity contribution in [3.05, 3.63) is 88.9 Å². The van der Waals surface area contributed by atoms with Gasteiger partial charge < -0.3 is 9.47 Å². The molecule has 1 unspecified atom stereocenters. The zero-order chi connectivity index (χ0) is 23.1. The van der Waals surface area contributed by atoms with Gasteiger partial charge in [-0.3, -0.25) is 0 Å². The maximum Gasteiger partial charge on any atom is 0.243 e. The molecule has 0 heterocycles. The number of nitrogens with zero attached hydrogens (tertiary/aromatic N) is 1. The molecule has 0 saturated carbocycles. The number of rotatable bonds is 10. The molecule has 3 rings (SSSR count). The fraction of sp³-hybridized carbons (Fsp3) is 0.280. The van der Waals surface area contributed by atoms with Crippen LogP contribution < -0.4 is 9.47 Å². The van der Waals surface area contributed by atoms with E-state index in [0.717, 1.165) is 11.1 Å². The lowest BCUT2D eigenvalue weighted by molar-refractivity contribution is 0.283. The maximum absolute atomic E-state index is 13.4. The molecule has 3 aromatic rings. The van der Waals surface area contributed by atoms with E-state index in [9.17, 15) is 8.42 Å². The van der Waals surface area contributed by atoms with E-state index < -0.39 is 10.0 Å². The van der Waals surface area contributed by atoms with Crippen LogP contribution in [0.4, 0.5) is 0 Å². The van der Waals surface area contributed by atoms with Crippen LogP contribution in [-0.4, -0.2) is 25.9 Å². The van der Waals surface area contributed by atoms with Gasteiger partial charge in [-0.1, -0.05) is 54.9 Å². The van der Waals surface area contributed by atoms with Crippen LogP contribution in [0.15, 0.2) is 77.7 Å². The van der Waals surface area contributed by atoms with Crippen molar-refractivity contribution >= 4 is 21.6 Å². The molecule has 170 valence electrons.